The van der Waals surface area contributed by atoms with Crippen LogP contribution in [-0.2, 0) is 4.79 Å². The number of amides is 1. The Bertz CT molecular complexity index is 418. The lowest BCUT2D eigenvalue weighted by Gasteiger charge is -2.33. The molecule has 3 rings (SSSR count). The third kappa shape index (κ3) is 2.60. The van der Waals surface area contributed by atoms with Gasteiger partial charge in [0.2, 0.25) is 5.91 Å². The van der Waals surface area contributed by atoms with Crippen LogP contribution in [0.25, 0.3) is 0 Å². The summed E-state index contributed by atoms with van der Waals surface area (Å²) in [6.45, 7) is 1.84. The molecule has 1 unspecified atom stereocenters. The summed E-state index contributed by atoms with van der Waals surface area (Å²) < 4.78 is 0. The Morgan fingerprint density at radius 1 is 1.33 bits per heavy atom. The maximum Gasteiger partial charge on any atom is 0.223 e. The van der Waals surface area contributed by atoms with Crippen LogP contribution in [0.1, 0.15) is 25.7 Å². The molecule has 2 fully saturated rings. The van der Waals surface area contributed by atoms with Gasteiger partial charge in [-0.05, 0) is 25.7 Å². The monoisotopic (exact) mass is 246 g/mol. The Labute approximate surface area is 107 Å². The fourth-order valence-corrected chi connectivity index (χ4v) is 2.42. The number of aromatic nitrogens is 2. The Hall–Kier alpha value is -1.65. The van der Waals surface area contributed by atoms with E-state index in [0.717, 1.165) is 44.6 Å². The van der Waals surface area contributed by atoms with E-state index in [4.69, 9.17) is 0 Å². The van der Waals surface area contributed by atoms with E-state index >= 15 is 0 Å². The van der Waals surface area contributed by atoms with Crippen molar-refractivity contribution < 1.29 is 4.79 Å². The van der Waals surface area contributed by atoms with E-state index in [-0.39, 0.29) is 17.9 Å². The molecule has 0 spiro atoms. The van der Waals surface area contributed by atoms with E-state index in [2.05, 4.69) is 20.2 Å². The largest absolute Gasteiger partial charge is 0.353 e. The Balaban J connectivity index is 1.59. The van der Waals surface area contributed by atoms with Gasteiger partial charge in [0.1, 0.15) is 5.82 Å². The van der Waals surface area contributed by atoms with Crippen LogP contribution in [0.5, 0.6) is 0 Å². The molecule has 2 aliphatic rings. The zero-order valence-corrected chi connectivity index (χ0v) is 10.4. The zero-order valence-electron chi connectivity index (χ0n) is 10.4. The van der Waals surface area contributed by atoms with Crippen LogP contribution in [0.3, 0.4) is 0 Å². The van der Waals surface area contributed by atoms with Crippen LogP contribution in [0.15, 0.2) is 18.6 Å². The van der Waals surface area contributed by atoms with Gasteiger partial charge in [-0.3, -0.25) is 9.78 Å². The molecule has 0 aromatic carbocycles. The first-order chi connectivity index (χ1) is 8.83. The quantitative estimate of drug-likeness (QED) is 0.863. The molecule has 1 amide bonds. The highest BCUT2D eigenvalue weighted by Gasteiger charge is 2.32. The number of hydrogen-bond donors (Lipinski definition) is 1. The van der Waals surface area contributed by atoms with Crippen molar-refractivity contribution in [2.75, 3.05) is 18.0 Å². The van der Waals surface area contributed by atoms with Gasteiger partial charge >= 0.3 is 0 Å². The third-order valence-corrected chi connectivity index (χ3v) is 3.59. The fourth-order valence-electron chi connectivity index (χ4n) is 2.42. The van der Waals surface area contributed by atoms with E-state index in [9.17, 15) is 4.79 Å². The Morgan fingerprint density at radius 2 is 2.22 bits per heavy atom. The van der Waals surface area contributed by atoms with Crippen molar-refractivity contribution in [1.82, 2.24) is 15.3 Å². The molecule has 96 valence electrons. The molecule has 18 heavy (non-hydrogen) atoms. The van der Waals surface area contributed by atoms with Gasteiger partial charge in [-0.2, -0.15) is 0 Å². The molecule has 1 aliphatic heterocycles. The van der Waals surface area contributed by atoms with Crippen LogP contribution >= 0.6 is 0 Å². The van der Waals surface area contributed by atoms with Crippen molar-refractivity contribution in [3.05, 3.63) is 18.6 Å². The average Bonchev–Trinajstić information content (AvgIpc) is 3.24. The standard InChI is InChI=1S/C13H18N4O/c18-13(10-3-4-10)16-11-2-1-7-17(9-11)12-8-14-5-6-15-12/h5-6,8,10-11H,1-4,7,9H2,(H,16,18). The topological polar surface area (TPSA) is 58.1 Å². The molecule has 1 atom stereocenters. The van der Waals surface area contributed by atoms with Gasteiger partial charge in [-0.15, -0.1) is 0 Å². The van der Waals surface area contributed by atoms with Gasteiger partial charge < -0.3 is 10.2 Å². The minimum Gasteiger partial charge on any atom is -0.353 e. The minimum atomic E-state index is 0.237. The Kier molecular flexibility index (Phi) is 3.13. The summed E-state index contributed by atoms with van der Waals surface area (Å²) in [5, 5.41) is 3.15. The molecule has 1 aromatic rings. The zero-order chi connectivity index (χ0) is 12.4. The number of rotatable bonds is 3. The van der Waals surface area contributed by atoms with Crippen molar-refractivity contribution in [2.24, 2.45) is 5.92 Å². The van der Waals surface area contributed by atoms with Gasteiger partial charge in [0, 0.05) is 37.4 Å². The summed E-state index contributed by atoms with van der Waals surface area (Å²) in [5.74, 6) is 1.43. The van der Waals surface area contributed by atoms with Gasteiger partial charge in [0.05, 0.1) is 6.20 Å². The minimum absolute atomic E-state index is 0.237. The SMILES string of the molecule is O=C(NC1CCCN(c2cnccn2)C1)C1CC1. The first-order valence-corrected chi connectivity index (χ1v) is 6.64. The number of hydrogen-bond acceptors (Lipinski definition) is 4. The van der Waals surface area contributed by atoms with Crippen LogP contribution in [-0.4, -0.2) is 35.0 Å². The van der Waals surface area contributed by atoms with Crippen molar-refractivity contribution in [1.29, 1.82) is 0 Å². The van der Waals surface area contributed by atoms with Gasteiger partial charge in [0.25, 0.3) is 0 Å². The van der Waals surface area contributed by atoms with Gasteiger partial charge in [-0.1, -0.05) is 0 Å². The average molecular weight is 246 g/mol. The summed E-state index contributed by atoms with van der Waals surface area (Å²) in [6, 6.07) is 0.258. The smallest absolute Gasteiger partial charge is 0.223 e. The van der Waals surface area contributed by atoms with Crippen molar-refractivity contribution in [3.63, 3.8) is 0 Å². The first-order valence-electron chi connectivity index (χ1n) is 6.64. The molecule has 1 N–H and O–H groups in total. The van der Waals surface area contributed by atoms with E-state index in [1.807, 2.05) is 0 Å². The van der Waals surface area contributed by atoms with Gasteiger partial charge in [-0.25, -0.2) is 4.98 Å². The molecule has 5 heteroatoms. The van der Waals surface area contributed by atoms with E-state index < -0.39 is 0 Å². The lowest BCUT2D eigenvalue weighted by Crippen LogP contribution is -2.48. The second-order valence-corrected chi connectivity index (χ2v) is 5.13. The second-order valence-electron chi connectivity index (χ2n) is 5.13. The van der Waals surface area contributed by atoms with Crippen LogP contribution in [0.2, 0.25) is 0 Å². The van der Waals surface area contributed by atoms with Crippen molar-refractivity contribution >= 4 is 11.7 Å². The molecule has 1 saturated carbocycles. The number of carbonyl (C=O) groups is 1. The molecule has 1 aliphatic carbocycles. The second kappa shape index (κ2) is 4.92. The van der Waals surface area contributed by atoms with E-state index in [1.165, 1.54) is 0 Å². The van der Waals surface area contributed by atoms with E-state index in [1.54, 1.807) is 18.6 Å². The highest BCUT2D eigenvalue weighted by atomic mass is 16.2. The summed E-state index contributed by atoms with van der Waals surface area (Å²) >= 11 is 0. The molecule has 1 saturated heterocycles. The van der Waals surface area contributed by atoms with Crippen LogP contribution in [0.4, 0.5) is 5.82 Å². The molecule has 0 radical (unpaired) electrons. The number of nitrogens with zero attached hydrogens (tertiary/aromatic N) is 3. The Morgan fingerprint density at radius 3 is 2.94 bits per heavy atom. The number of piperidine rings is 1. The molecule has 5 nitrogen and oxygen atoms in total. The molecular weight excluding hydrogens is 228 g/mol. The summed E-state index contributed by atoms with van der Waals surface area (Å²) in [7, 11) is 0. The lowest BCUT2D eigenvalue weighted by molar-refractivity contribution is -0.123. The third-order valence-electron chi connectivity index (χ3n) is 3.59. The number of nitrogens with one attached hydrogen (secondary N) is 1. The highest BCUT2D eigenvalue weighted by molar-refractivity contribution is 5.81. The highest BCUT2D eigenvalue weighted by Crippen LogP contribution is 2.29. The van der Waals surface area contributed by atoms with Crippen LogP contribution < -0.4 is 10.2 Å². The summed E-state index contributed by atoms with van der Waals surface area (Å²) in [6.07, 6.45) is 9.45. The number of carbonyl (C=O) groups excluding carboxylic acids is 1. The molecule has 0 bridgehead atoms. The predicted octanol–water partition coefficient (Wildman–Crippen LogP) is 0.972. The normalized spacial score (nSPS) is 23.8. The van der Waals surface area contributed by atoms with Crippen molar-refractivity contribution in [2.45, 2.75) is 31.7 Å². The fraction of sp³-hybridized carbons (Fsp3) is 0.615. The van der Waals surface area contributed by atoms with E-state index in [0.29, 0.717) is 0 Å². The predicted molar refractivity (Wildman–Crippen MR) is 68.1 cm³/mol. The summed E-state index contributed by atoms with van der Waals surface area (Å²) in [5.41, 5.74) is 0. The molecule has 2 heterocycles. The first kappa shape index (κ1) is 11.4. The van der Waals surface area contributed by atoms with Gasteiger partial charge in [0.15, 0.2) is 0 Å². The molecule has 1 aromatic heterocycles. The maximum absolute atomic E-state index is 11.8. The maximum atomic E-state index is 11.8. The molecular formula is C13H18N4O. The van der Waals surface area contributed by atoms with Crippen LogP contribution in [0, 0.1) is 5.92 Å². The number of anilines is 1. The summed E-state index contributed by atoms with van der Waals surface area (Å²) in [4.78, 5) is 22.4. The lowest BCUT2D eigenvalue weighted by atomic mass is 10.1. The van der Waals surface area contributed by atoms with Crippen molar-refractivity contribution in [3.8, 4) is 0 Å².